The second kappa shape index (κ2) is 5.63. The number of nitrogens with one attached hydrogen (secondary N) is 1. The smallest absolute Gasteiger partial charge is 0.149 e. The minimum Gasteiger partial charge on any atom is -0.337 e. The fraction of sp³-hybridized carbons (Fsp3) is 0. The number of hydrogen-bond acceptors (Lipinski definition) is 2. The van der Waals surface area contributed by atoms with Gasteiger partial charge in [-0.25, -0.2) is 13.8 Å². The molecule has 2 nitrogen and oxygen atoms in total. The van der Waals surface area contributed by atoms with Crippen molar-refractivity contribution in [3.05, 3.63) is 49.4 Å². The first kappa shape index (κ1) is 13.9. The minimum absolute atomic E-state index is 0.138. The molecule has 0 bridgehead atoms. The van der Waals surface area contributed by atoms with Gasteiger partial charge in [-0.05, 0) is 59.9 Å². The van der Waals surface area contributed by atoms with Crippen molar-refractivity contribution in [2.24, 2.45) is 0 Å². The molecule has 0 saturated carbocycles. The number of benzene rings is 1. The molecule has 0 aliphatic carbocycles. The van der Waals surface area contributed by atoms with Crippen LogP contribution < -0.4 is 5.32 Å². The van der Waals surface area contributed by atoms with Crippen molar-refractivity contribution in [1.82, 2.24) is 4.98 Å². The molecule has 0 spiro atoms. The van der Waals surface area contributed by atoms with Crippen LogP contribution in [0, 0.1) is 11.6 Å². The number of nitrogens with zero attached hydrogens (tertiary/aromatic N) is 1. The summed E-state index contributed by atoms with van der Waals surface area (Å²) in [6.07, 6.45) is 1.57. The Kier molecular flexibility index (Phi) is 4.34. The average molecular weight is 443 g/mol. The van der Waals surface area contributed by atoms with Gasteiger partial charge in [-0.2, -0.15) is 0 Å². The van der Waals surface area contributed by atoms with Crippen LogP contribution in [-0.4, -0.2) is 4.98 Å². The number of halogens is 5. The third-order valence-corrected chi connectivity index (χ3v) is 3.72. The third-order valence-electron chi connectivity index (χ3n) is 2.07. The van der Waals surface area contributed by atoms with Crippen molar-refractivity contribution in [3.8, 4) is 0 Å². The van der Waals surface area contributed by atoms with Gasteiger partial charge in [0.1, 0.15) is 17.5 Å². The van der Waals surface area contributed by atoms with Gasteiger partial charge in [-0.15, -0.1) is 0 Å². The fourth-order valence-electron chi connectivity index (χ4n) is 1.25. The van der Waals surface area contributed by atoms with Crippen LogP contribution >= 0.6 is 47.8 Å². The maximum atomic E-state index is 13.6. The van der Waals surface area contributed by atoms with Gasteiger partial charge in [-0.3, -0.25) is 0 Å². The molecule has 0 aliphatic rings. The van der Waals surface area contributed by atoms with Crippen LogP contribution in [0.1, 0.15) is 0 Å². The van der Waals surface area contributed by atoms with Crippen LogP contribution in [0.3, 0.4) is 0 Å². The summed E-state index contributed by atoms with van der Waals surface area (Å²) in [5, 5.41) is 2.79. The maximum absolute atomic E-state index is 13.6. The first-order chi connectivity index (χ1) is 8.47. The molecule has 2 rings (SSSR count). The van der Waals surface area contributed by atoms with Gasteiger partial charge in [0.15, 0.2) is 0 Å². The highest BCUT2D eigenvalue weighted by Gasteiger charge is 2.10. The molecule has 94 valence electrons. The summed E-state index contributed by atoms with van der Waals surface area (Å²) in [5.41, 5.74) is 0.138. The lowest BCUT2D eigenvalue weighted by molar-refractivity contribution is 0.581. The van der Waals surface area contributed by atoms with Gasteiger partial charge < -0.3 is 5.32 Å². The van der Waals surface area contributed by atoms with E-state index in [0.717, 1.165) is 10.5 Å². The summed E-state index contributed by atoms with van der Waals surface area (Å²) >= 11 is 9.57. The van der Waals surface area contributed by atoms with Crippen LogP contribution in [0.5, 0.6) is 0 Å². The number of pyridine rings is 1. The van der Waals surface area contributed by atoms with Crippen molar-refractivity contribution < 1.29 is 8.78 Å². The molecule has 1 N–H and O–H groups in total. The van der Waals surface area contributed by atoms with Gasteiger partial charge in [0, 0.05) is 16.7 Å². The van der Waals surface area contributed by atoms with Crippen LogP contribution in [0.4, 0.5) is 20.3 Å². The standard InChI is InChI=1S/C11H5Br3F2N2/c12-5-1-7(14)11(17-4-5)18-10-2-6(13)8(15)3-9(10)16/h1-4H,(H,17,18). The largest absolute Gasteiger partial charge is 0.337 e. The van der Waals surface area contributed by atoms with E-state index in [1.165, 1.54) is 6.07 Å². The third kappa shape index (κ3) is 3.07. The molecule has 0 amide bonds. The quantitative estimate of drug-likeness (QED) is 0.631. The number of rotatable bonds is 2. The minimum atomic E-state index is -0.688. The van der Waals surface area contributed by atoms with E-state index in [9.17, 15) is 8.78 Å². The highest BCUT2D eigenvalue weighted by atomic mass is 79.9. The summed E-state index contributed by atoms with van der Waals surface area (Å²) in [6, 6.07) is 3.89. The molecule has 0 saturated heterocycles. The number of hydrogen-bond donors (Lipinski definition) is 1. The van der Waals surface area contributed by atoms with Crippen LogP contribution in [-0.2, 0) is 0 Å². The molecule has 0 atom stereocenters. The van der Waals surface area contributed by atoms with E-state index in [0.29, 0.717) is 10.3 Å². The molecule has 1 aromatic heterocycles. The van der Waals surface area contributed by atoms with Crippen molar-refractivity contribution in [2.45, 2.75) is 0 Å². The molecule has 0 radical (unpaired) electrons. The van der Waals surface area contributed by atoms with Crippen LogP contribution in [0.25, 0.3) is 0 Å². The summed E-state index contributed by atoms with van der Waals surface area (Å²) in [7, 11) is 0. The zero-order chi connectivity index (χ0) is 13.3. The maximum Gasteiger partial charge on any atom is 0.149 e. The Morgan fingerprint density at radius 1 is 0.944 bits per heavy atom. The Hall–Kier alpha value is -0.530. The molecule has 2 aromatic rings. The van der Waals surface area contributed by atoms with E-state index < -0.39 is 11.6 Å². The summed E-state index contributed by atoms with van der Waals surface area (Å²) in [4.78, 5) is 4.09. The second-order valence-electron chi connectivity index (χ2n) is 3.36. The Morgan fingerprint density at radius 2 is 1.67 bits per heavy atom. The second-order valence-corrected chi connectivity index (χ2v) is 5.98. The molecule has 0 unspecified atom stereocenters. The zero-order valence-electron chi connectivity index (χ0n) is 8.65. The zero-order valence-corrected chi connectivity index (χ0v) is 13.4. The fourth-order valence-corrected chi connectivity index (χ4v) is 2.68. The van der Waals surface area contributed by atoms with Gasteiger partial charge in [0.2, 0.25) is 0 Å². The monoisotopic (exact) mass is 440 g/mol. The predicted molar refractivity (Wildman–Crippen MR) is 77.0 cm³/mol. The highest BCUT2D eigenvalue weighted by Crippen LogP contribution is 2.30. The first-order valence-corrected chi connectivity index (χ1v) is 7.08. The van der Waals surface area contributed by atoms with E-state index in [4.69, 9.17) is 0 Å². The van der Waals surface area contributed by atoms with E-state index in [1.54, 1.807) is 12.3 Å². The molecule has 18 heavy (non-hydrogen) atoms. The molecule has 0 aliphatic heterocycles. The Morgan fingerprint density at radius 3 is 2.33 bits per heavy atom. The van der Waals surface area contributed by atoms with Crippen LogP contribution in [0.15, 0.2) is 37.8 Å². The van der Waals surface area contributed by atoms with E-state index in [-0.39, 0.29) is 10.2 Å². The van der Waals surface area contributed by atoms with Crippen molar-refractivity contribution in [1.29, 1.82) is 0 Å². The lowest BCUT2D eigenvalue weighted by Gasteiger charge is -2.09. The first-order valence-electron chi connectivity index (χ1n) is 4.70. The van der Waals surface area contributed by atoms with Gasteiger partial charge in [0.25, 0.3) is 0 Å². The normalized spacial score (nSPS) is 10.5. The molecular weight excluding hydrogens is 438 g/mol. The number of anilines is 2. The molecule has 1 aromatic carbocycles. The molecule has 1 heterocycles. The lowest BCUT2D eigenvalue weighted by Crippen LogP contribution is -1.98. The van der Waals surface area contributed by atoms with Crippen molar-refractivity contribution in [2.75, 3.05) is 5.32 Å². The van der Waals surface area contributed by atoms with Gasteiger partial charge in [0.05, 0.1) is 14.6 Å². The molecule has 7 heteroatoms. The molecule has 0 fully saturated rings. The number of aromatic nitrogens is 1. The Balaban J connectivity index is 2.37. The SMILES string of the molecule is Fc1cc(F)c(Nc2ncc(Br)cc2Br)cc1Br. The Bertz CT molecular complexity index is 605. The lowest BCUT2D eigenvalue weighted by atomic mass is 10.3. The highest BCUT2D eigenvalue weighted by molar-refractivity contribution is 9.11. The Labute approximate surface area is 127 Å². The van der Waals surface area contributed by atoms with E-state index >= 15 is 0 Å². The van der Waals surface area contributed by atoms with E-state index in [1.807, 2.05) is 0 Å². The predicted octanol–water partition coefficient (Wildman–Crippen LogP) is 5.39. The van der Waals surface area contributed by atoms with Crippen molar-refractivity contribution >= 4 is 59.3 Å². The van der Waals surface area contributed by atoms with Gasteiger partial charge in [-0.1, -0.05) is 0 Å². The van der Waals surface area contributed by atoms with Crippen molar-refractivity contribution in [3.63, 3.8) is 0 Å². The summed E-state index contributed by atoms with van der Waals surface area (Å²) in [6.45, 7) is 0. The van der Waals surface area contributed by atoms with Crippen LogP contribution in [0.2, 0.25) is 0 Å². The van der Waals surface area contributed by atoms with E-state index in [2.05, 4.69) is 58.1 Å². The average Bonchev–Trinajstić information content (AvgIpc) is 2.29. The summed E-state index contributed by atoms with van der Waals surface area (Å²) in [5.74, 6) is -0.899. The van der Waals surface area contributed by atoms with Gasteiger partial charge >= 0.3 is 0 Å². The summed E-state index contributed by atoms with van der Waals surface area (Å²) < 4.78 is 28.3. The topological polar surface area (TPSA) is 24.9 Å². The molecular formula is C11H5Br3F2N2.